The Morgan fingerprint density at radius 2 is 2.09 bits per heavy atom. The number of methoxy groups -OCH3 is 1. The summed E-state index contributed by atoms with van der Waals surface area (Å²) >= 11 is 4.94. The molecular weight excluding hydrogens is 381 g/mol. The van der Waals surface area contributed by atoms with Crippen LogP contribution in [0.2, 0.25) is 0 Å². The Morgan fingerprint density at radius 3 is 2.83 bits per heavy atom. The van der Waals surface area contributed by atoms with Crippen LogP contribution in [0.5, 0.6) is 5.75 Å². The van der Waals surface area contributed by atoms with Crippen LogP contribution < -0.4 is 4.74 Å². The summed E-state index contributed by atoms with van der Waals surface area (Å²) in [5, 5.41) is 7.49. The predicted octanol–water partition coefficient (Wildman–Crippen LogP) is 4.67. The molecule has 0 aliphatic heterocycles. The van der Waals surface area contributed by atoms with Crippen LogP contribution in [0.1, 0.15) is 5.56 Å². The molecule has 3 aromatic rings. The fraction of sp³-hybridized carbons (Fsp3) is 0.125. The van der Waals surface area contributed by atoms with E-state index in [0.717, 1.165) is 15.8 Å². The quantitative estimate of drug-likeness (QED) is 0.639. The van der Waals surface area contributed by atoms with Gasteiger partial charge in [-0.1, -0.05) is 30.0 Å². The van der Waals surface area contributed by atoms with Crippen LogP contribution in [-0.4, -0.2) is 22.3 Å². The van der Waals surface area contributed by atoms with Crippen molar-refractivity contribution in [1.29, 1.82) is 0 Å². The Morgan fingerprint density at radius 1 is 1.26 bits per heavy atom. The zero-order chi connectivity index (χ0) is 16.2. The third-order valence-corrected chi connectivity index (χ3v) is 4.72. The molecule has 0 aliphatic carbocycles. The highest BCUT2D eigenvalue weighted by Crippen LogP contribution is 2.29. The minimum absolute atomic E-state index is 0.320. The maximum atomic E-state index is 13.7. The molecule has 23 heavy (non-hydrogen) atoms. The minimum atomic E-state index is -0.320. The molecule has 0 saturated carbocycles. The Bertz CT molecular complexity index is 825. The molecule has 0 aliphatic rings. The number of aromatic amines is 1. The first-order valence-corrected chi connectivity index (χ1v) is 8.58. The smallest absolute Gasteiger partial charge is 0.209 e. The van der Waals surface area contributed by atoms with E-state index in [2.05, 4.69) is 31.1 Å². The zero-order valence-electron chi connectivity index (χ0n) is 12.2. The molecule has 0 spiro atoms. The topological polar surface area (TPSA) is 50.8 Å². The van der Waals surface area contributed by atoms with Gasteiger partial charge in [0.05, 0.1) is 17.1 Å². The number of hydrogen-bond acceptors (Lipinski definition) is 4. The molecule has 0 bridgehead atoms. The van der Waals surface area contributed by atoms with Crippen LogP contribution >= 0.6 is 27.7 Å². The van der Waals surface area contributed by atoms with Crippen molar-refractivity contribution in [2.45, 2.75) is 10.9 Å². The van der Waals surface area contributed by atoms with Gasteiger partial charge in [0.15, 0.2) is 5.82 Å². The second-order valence-electron chi connectivity index (χ2n) is 4.70. The molecule has 0 radical (unpaired) electrons. The van der Waals surface area contributed by atoms with Gasteiger partial charge in [0, 0.05) is 5.75 Å². The normalized spacial score (nSPS) is 10.7. The number of halogens is 2. The summed E-state index contributed by atoms with van der Waals surface area (Å²) in [6, 6.07) is 12.4. The fourth-order valence-electron chi connectivity index (χ4n) is 2.03. The highest BCUT2D eigenvalue weighted by Gasteiger charge is 2.10. The lowest BCUT2D eigenvalue weighted by Gasteiger charge is -2.05. The van der Waals surface area contributed by atoms with E-state index in [4.69, 9.17) is 4.74 Å². The molecule has 1 N–H and O–H groups in total. The molecule has 1 aromatic heterocycles. The van der Waals surface area contributed by atoms with Crippen molar-refractivity contribution in [1.82, 2.24) is 15.2 Å². The molecule has 0 unspecified atom stereocenters. The molecule has 0 atom stereocenters. The van der Waals surface area contributed by atoms with Gasteiger partial charge in [0.2, 0.25) is 5.16 Å². The summed E-state index contributed by atoms with van der Waals surface area (Å²) in [6.45, 7) is 0. The van der Waals surface area contributed by atoms with E-state index >= 15 is 0 Å². The van der Waals surface area contributed by atoms with Crippen molar-refractivity contribution >= 4 is 27.7 Å². The largest absolute Gasteiger partial charge is 0.496 e. The van der Waals surface area contributed by atoms with E-state index < -0.39 is 0 Å². The zero-order valence-corrected chi connectivity index (χ0v) is 14.6. The maximum absolute atomic E-state index is 13.7. The third kappa shape index (κ3) is 3.73. The number of nitrogens with zero attached hydrogens (tertiary/aromatic N) is 2. The SMILES string of the molecule is COc1ccc(CSc2n[nH]c(-c3ccccc3F)n2)cc1Br. The van der Waals surface area contributed by atoms with Gasteiger partial charge in [-0.25, -0.2) is 9.37 Å². The lowest BCUT2D eigenvalue weighted by atomic mass is 10.2. The Kier molecular flexibility index (Phi) is 4.97. The summed E-state index contributed by atoms with van der Waals surface area (Å²) in [4.78, 5) is 4.33. The molecule has 3 rings (SSSR count). The number of aromatic nitrogens is 3. The number of ether oxygens (including phenoxy) is 1. The van der Waals surface area contributed by atoms with Crippen LogP contribution in [0.3, 0.4) is 0 Å². The molecule has 1 heterocycles. The number of nitrogens with one attached hydrogen (secondary N) is 1. The van der Waals surface area contributed by atoms with Crippen molar-refractivity contribution in [3.05, 3.63) is 58.3 Å². The van der Waals surface area contributed by atoms with Crippen molar-refractivity contribution < 1.29 is 9.13 Å². The summed E-state index contributed by atoms with van der Waals surface area (Å²) < 4.78 is 19.8. The third-order valence-electron chi connectivity index (χ3n) is 3.18. The average molecular weight is 394 g/mol. The Hall–Kier alpha value is -1.86. The molecular formula is C16H13BrFN3OS. The van der Waals surface area contributed by atoms with Gasteiger partial charge in [-0.2, -0.15) is 0 Å². The molecule has 0 saturated heterocycles. The van der Waals surface area contributed by atoms with Gasteiger partial charge in [0.1, 0.15) is 11.6 Å². The van der Waals surface area contributed by atoms with Crippen LogP contribution in [-0.2, 0) is 5.75 Å². The van der Waals surface area contributed by atoms with Gasteiger partial charge < -0.3 is 4.74 Å². The van der Waals surface area contributed by atoms with Crippen molar-refractivity contribution in [2.75, 3.05) is 7.11 Å². The summed E-state index contributed by atoms with van der Waals surface area (Å²) in [5.74, 6) is 1.61. The standard InChI is InChI=1S/C16H13BrFN3OS/c1-22-14-7-6-10(8-12(14)17)9-23-16-19-15(20-21-16)11-4-2-3-5-13(11)18/h2-8H,9H2,1H3,(H,19,20,21). The Labute approximate surface area is 145 Å². The molecule has 118 valence electrons. The summed E-state index contributed by atoms with van der Waals surface area (Å²) in [7, 11) is 1.63. The molecule has 0 fully saturated rings. The summed E-state index contributed by atoms with van der Waals surface area (Å²) in [6.07, 6.45) is 0. The molecule has 2 aromatic carbocycles. The van der Waals surface area contributed by atoms with E-state index in [0.29, 0.717) is 22.3 Å². The lowest BCUT2D eigenvalue weighted by Crippen LogP contribution is -1.87. The monoisotopic (exact) mass is 393 g/mol. The first-order valence-electron chi connectivity index (χ1n) is 6.80. The summed E-state index contributed by atoms with van der Waals surface area (Å²) in [5.41, 5.74) is 1.53. The van der Waals surface area contributed by atoms with Crippen LogP contribution in [0.15, 0.2) is 52.1 Å². The molecule has 4 nitrogen and oxygen atoms in total. The number of thioether (sulfide) groups is 1. The second kappa shape index (κ2) is 7.14. The number of rotatable bonds is 5. The van der Waals surface area contributed by atoms with Crippen molar-refractivity contribution in [3.63, 3.8) is 0 Å². The highest BCUT2D eigenvalue weighted by atomic mass is 79.9. The first kappa shape index (κ1) is 16.0. The maximum Gasteiger partial charge on any atom is 0.209 e. The Balaban J connectivity index is 1.70. The van der Waals surface area contributed by atoms with Crippen molar-refractivity contribution in [2.24, 2.45) is 0 Å². The number of hydrogen-bond donors (Lipinski definition) is 1. The lowest BCUT2D eigenvalue weighted by molar-refractivity contribution is 0.412. The van der Waals surface area contributed by atoms with Crippen LogP contribution in [0.4, 0.5) is 4.39 Å². The van der Waals surface area contributed by atoms with Gasteiger partial charge in [-0.05, 0) is 45.8 Å². The average Bonchev–Trinajstić information content (AvgIpc) is 3.02. The van der Waals surface area contributed by atoms with Crippen molar-refractivity contribution in [3.8, 4) is 17.1 Å². The van der Waals surface area contributed by atoms with Gasteiger partial charge in [-0.3, -0.25) is 5.10 Å². The van der Waals surface area contributed by atoms with Gasteiger partial charge in [-0.15, -0.1) is 5.10 Å². The van der Waals surface area contributed by atoms with Crippen LogP contribution in [0, 0.1) is 5.82 Å². The molecule has 0 amide bonds. The van der Waals surface area contributed by atoms with E-state index in [1.807, 2.05) is 18.2 Å². The van der Waals surface area contributed by atoms with E-state index in [9.17, 15) is 4.39 Å². The van der Waals surface area contributed by atoms with Gasteiger partial charge >= 0.3 is 0 Å². The van der Waals surface area contributed by atoms with Gasteiger partial charge in [0.25, 0.3) is 0 Å². The first-order chi connectivity index (χ1) is 11.2. The highest BCUT2D eigenvalue weighted by molar-refractivity contribution is 9.10. The minimum Gasteiger partial charge on any atom is -0.496 e. The van der Waals surface area contributed by atoms with E-state index in [1.54, 1.807) is 25.3 Å². The number of H-pyrrole nitrogens is 1. The number of benzene rings is 2. The second-order valence-corrected chi connectivity index (χ2v) is 6.50. The predicted molar refractivity (Wildman–Crippen MR) is 92.0 cm³/mol. The van der Waals surface area contributed by atoms with E-state index in [-0.39, 0.29) is 5.82 Å². The van der Waals surface area contributed by atoms with E-state index in [1.165, 1.54) is 17.8 Å². The molecule has 7 heteroatoms. The fourth-order valence-corrected chi connectivity index (χ4v) is 3.36. The van der Waals surface area contributed by atoms with Crippen LogP contribution in [0.25, 0.3) is 11.4 Å².